The highest BCUT2D eigenvalue weighted by molar-refractivity contribution is 5.63. The third-order valence-electron chi connectivity index (χ3n) is 5.77. The minimum absolute atomic E-state index is 0.146. The molecule has 24 heavy (non-hydrogen) atoms. The molecule has 128 valence electrons. The molecule has 0 radical (unpaired) electrons. The molecular formula is C23H31N. The van der Waals surface area contributed by atoms with Crippen LogP contribution in [0.5, 0.6) is 0 Å². The molecule has 0 fully saturated rings. The zero-order valence-corrected chi connectivity index (χ0v) is 16.3. The first-order valence-electron chi connectivity index (χ1n) is 9.13. The smallest absolute Gasteiger partial charge is 0.0704 e. The van der Waals surface area contributed by atoms with E-state index >= 15 is 0 Å². The van der Waals surface area contributed by atoms with Crippen molar-refractivity contribution in [2.75, 3.05) is 0 Å². The van der Waals surface area contributed by atoms with Gasteiger partial charge < -0.3 is 0 Å². The third-order valence-corrected chi connectivity index (χ3v) is 5.77. The Hall–Kier alpha value is -1.63. The molecule has 0 aliphatic heterocycles. The average Bonchev–Trinajstić information content (AvgIpc) is 2.51. The average molecular weight is 322 g/mol. The standard InChI is InChI=1S/C23H31N/c1-21(2,3)17-10-13-24-20(15-17)16-8-9-18-19(14-16)23(6,7)12-11-22(18,4)5/h8-10,13-15H,11-12H2,1-7H3. The highest BCUT2D eigenvalue weighted by atomic mass is 14.7. The van der Waals surface area contributed by atoms with Gasteiger partial charge in [-0.1, -0.05) is 60.6 Å². The maximum absolute atomic E-state index is 4.66. The summed E-state index contributed by atoms with van der Waals surface area (Å²) >= 11 is 0. The van der Waals surface area contributed by atoms with E-state index < -0.39 is 0 Å². The largest absolute Gasteiger partial charge is 0.256 e. The fourth-order valence-corrected chi connectivity index (χ4v) is 3.80. The van der Waals surface area contributed by atoms with Crippen molar-refractivity contribution in [1.82, 2.24) is 4.98 Å². The van der Waals surface area contributed by atoms with Gasteiger partial charge in [0.2, 0.25) is 0 Å². The lowest BCUT2D eigenvalue weighted by atomic mass is 9.63. The van der Waals surface area contributed by atoms with Crippen LogP contribution in [0.4, 0.5) is 0 Å². The van der Waals surface area contributed by atoms with Crippen LogP contribution in [0.15, 0.2) is 36.5 Å². The Balaban J connectivity index is 2.12. The van der Waals surface area contributed by atoms with Crippen LogP contribution in [0.3, 0.4) is 0 Å². The summed E-state index contributed by atoms with van der Waals surface area (Å²) < 4.78 is 0. The molecule has 1 nitrogen and oxygen atoms in total. The normalized spacial score (nSPS) is 19.0. The van der Waals surface area contributed by atoms with E-state index in [2.05, 4.69) is 83.8 Å². The van der Waals surface area contributed by atoms with Crippen LogP contribution in [0.1, 0.15) is 78.0 Å². The quantitative estimate of drug-likeness (QED) is 0.592. The number of benzene rings is 1. The lowest BCUT2D eigenvalue weighted by molar-refractivity contribution is 0.332. The van der Waals surface area contributed by atoms with Gasteiger partial charge in [0.25, 0.3) is 0 Å². The molecule has 1 heteroatoms. The van der Waals surface area contributed by atoms with Gasteiger partial charge >= 0.3 is 0 Å². The van der Waals surface area contributed by atoms with Crippen molar-refractivity contribution in [2.24, 2.45) is 0 Å². The zero-order valence-electron chi connectivity index (χ0n) is 16.3. The summed E-state index contributed by atoms with van der Waals surface area (Å²) in [4.78, 5) is 4.66. The summed E-state index contributed by atoms with van der Waals surface area (Å²) in [5.74, 6) is 0. The summed E-state index contributed by atoms with van der Waals surface area (Å²) in [5, 5.41) is 0. The van der Waals surface area contributed by atoms with E-state index in [9.17, 15) is 0 Å². The van der Waals surface area contributed by atoms with Crippen molar-refractivity contribution < 1.29 is 0 Å². The van der Waals surface area contributed by atoms with Crippen LogP contribution < -0.4 is 0 Å². The van der Waals surface area contributed by atoms with E-state index in [-0.39, 0.29) is 16.2 Å². The van der Waals surface area contributed by atoms with E-state index in [4.69, 9.17) is 0 Å². The Morgan fingerprint density at radius 3 is 2.08 bits per heavy atom. The van der Waals surface area contributed by atoms with E-state index in [0.29, 0.717) is 0 Å². The number of fused-ring (bicyclic) bond motifs is 1. The number of nitrogens with zero attached hydrogens (tertiary/aromatic N) is 1. The maximum Gasteiger partial charge on any atom is 0.0704 e. The Kier molecular flexibility index (Phi) is 3.90. The third kappa shape index (κ3) is 3.01. The van der Waals surface area contributed by atoms with E-state index in [0.717, 1.165) is 5.69 Å². The summed E-state index contributed by atoms with van der Waals surface area (Å²) in [6.07, 6.45) is 4.44. The number of hydrogen-bond donors (Lipinski definition) is 0. The minimum atomic E-state index is 0.146. The van der Waals surface area contributed by atoms with Crippen molar-refractivity contribution in [3.8, 4) is 11.3 Å². The second-order valence-corrected chi connectivity index (χ2v) is 9.71. The molecule has 0 N–H and O–H groups in total. The van der Waals surface area contributed by atoms with E-state index in [1.165, 1.54) is 35.1 Å². The fraction of sp³-hybridized carbons (Fsp3) is 0.522. The molecular weight excluding hydrogens is 290 g/mol. The van der Waals surface area contributed by atoms with E-state index in [1.807, 2.05) is 6.20 Å². The molecule has 1 aromatic heterocycles. The Labute approximate surface area is 147 Å². The summed E-state index contributed by atoms with van der Waals surface area (Å²) in [5.41, 5.74) is 7.33. The minimum Gasteiger partial charge on any atom is -0.256 e. The van der Waals surface area contributed by atoms with Crippen LogP contribution in [-0.2, 0) is 16.2 Å². The van der Waals surface area contributed by atoms with E-state index in [1.54, 1.807) is 0 Å². The SMILES string of the molecule is CC(C)(C)c1ccnc(-c2ccc3c(c2)C(C)(C)CCC3(C)C)c1. The van der Waals surface area contributed by atoms with Crippen LogP contribution in [0, 0.1) is 0 Å². The predicted molar refractivity (Wildman–Crippen MR) is 104 cm³/mol. The van der Waals surface area contributed by atoms with Crippen molar-refractivity contribution in [3.63, 3.8) is 0 Å². The molecule has 1 heterocycles. The van der Waals surface area contributed by atoms with Gasteiger partial charge in [-0.15, -0.1) is 0 Å². The number of rotatable bonds is 1. The summed E-state index contributed by atoms with van der Waals surface area (Å²) in [7, 11) is 0. The van der Waals surface area contributed by atoms with Crippen LogP contribution in [0.2, 0.25) is 0 Å². The van der Waals surface area contributed by atoms with Crippen LogP contribution in [-0.4, -0.2) is 4.98 Å². The van der Waals surface area contributed by atoms with Gasteiger partial charge in [-0.2, -0.15) is 0 Å². The first-order valence-corrected chi connectivity index (χ1v) is 9.13. The highest BCUT2D eigenvalue weighted by Crippen LogP contribution is 2.46. The number of aromatic nitrogens is 1. The van der Waals surface area contributed by atoms with Crippen LogP contribution in [0.25, 0.3) is 11.3 Å². The zero-order chi connectivity index (χ0) is 17.8. The second kappa shape index (κ2) is 5.44. The van der Waals surface area contributed by atoms with Crippen molar-refractivity contribution in [2.45, 2.75) is 77.6 Å². The lowest BCUT2D eigenvalue weighted by Crippen LogP contribution is -2.33. The first-order chi connectivity index (χ1) is 11.0. The molecule has 0 atom stereocenters. The molecule has 1 aliphatic rings. The maximum atomic E-state index is 4.66. The Bertz CT molecular complexity index is 760. The van der Waals surface area contributed by atoms with Gasteiger partial charge in [-0.25, -0.2) is 0 Å². The second-order valence-electron chi connectivity index (χ2n) is 9.71. The molecule has 3 rings (SSSR count). The van der Waals surface area contributed by atoms with Gasteiger partial charge in [0.05, 0.1) is 5.69 Å². The molecule has 0 unspecified atom stereocenters. The van der Waals surface area contributed by atoms with Gasteiger partial charge in [-0.05, 0) is 64.0 Å². The molecule has 1 aliphatic carbocycles. The molecule has 0 spiro atoms. The number of pyridine rings is 1. The Morgan fingerprint density at radius 2 is 1.46 bits per heavy atom. The van der Waals surface area contributed by atoms with Gasteiger partial charge in [0.15, 0.2) is 0 Å². The molecule has 0 saturated heterocycles. The highest BCUT2D eigenvalue weighted by Gasteiger charge is 2.37. The topological polar surface area (TPSA) is 12.9 Å². The van der Waals surface area contributed by atoms with Gasteiger partial charge in [0.1, 0.15) is 0 Å². The number of hydrogen-bond acceptors (Lipinski definition) is 1. The van der Waals surface area contributed by atoms with Crippen molar-refractivity contribution in [3.05, 3.63) is 53.2 Å². The van der Waals surface area contributed by atoms with Gasteiger partial charge in [-0.3, -0.25) is 4.98 Å². The Morgan fingerprint density at radius 1 is 0.833 bits per heavy atom. The molecule has 0 saturated carbocycles. The molecule has 2 aromatic rings. The summed E-state index contributed by atoms with van der Waals surface area (Å²) in [6.45, 7) is 16.3. The fourth-order valence-electron chi connectivity index (χ4n) is 3.80. The van der Waals surface area contributed by atoms with Crippen molar-refractivity contribution in [1.29, 1.82) is 0 Å². The molecule has 0 amide bonds. The van der Waals surface area contributed by atoms with Gasteiger partial charge in [0, 0.05) is 11.8 Å². The molecule has 1 aromatic carbocycles. The molecule has 0 bridgehead atoms. The first kappa shape index (κ1) is 17.2. The lowest BCUT2D eigenvalue weighted by Gasteiger charge is -2.42. The monoisotopic (exact) mass is 321 g/mol. The van der Waals surface area contributed by atoms with Crippen molar-refractivity contribution >= 4 is 0 Å². The predicted octanol–water partition coefficient (Wildman–Crippen LogP) is 6.40. The van der Waals surface area contributed by atoms with Crippen LogP contribution >= 0.6 is 0 Å². The summed E-state index contributed by atoms with van der Waals surface area (Å²) in [6, 6.07) is 11.4.